The maximum absolute atomic E-state index is 5.67. The monoisotopic (exact) mass is 294 g/mol. The Bertz CT molecular complexity index is 549. The molecule has 5 nitrogen and oxygen atoms in total. The second kappa shape index (κ2) is 6.65. The molecule has 0 spiro atoms. The topological polar surface area (TPSA) is 57.4 Å². The van der Waals surface area contributed by atoms with Gasteiger partial charge in [0.2, 0.25) is 5.89 Å². The zero-order valence-corrected chi connectivity index (χ0v) is 12.9. The molecule has 1 atom stereocenters. The van der Waals surface area contributed by atoms with Crippen LogP contribution in [0.25, 0.3) is 11.5 Å². The van der Waals surface area contributed by atoms with E-state index in [-0.39, 0.29) is 0 Å². The molecule has 0 saturated heterocycles. The normalized spacial score (nSPS) is 12.2. The Morgan fingerprint density at radius 2 is 1.80 bits per heavy atom. The molecule has 0 fully saturated rings. The predicted octanol–water partition coefficient (Wildman–Crippen LogP) is 3.64. The number of aromatic nitrogens is 2. The largest absolute Gasteiger partial charge is 0.497 e. The van der Waals surface area contributed by atoms with Crippen molar-refractivity contribution in [3.63, 3.8) is 0 Å². The van der Waals surface area contributed by atoms with E-state index in [9.17, 15) is 0 Å². The van der Waals surface area contributed by atoms with E-state index in [2.05, 4.69) is 24.0 Å². The number of benzene rings is 1. The van der Waals surface area contributed by atoms with Crippen molar-refractivity contribution in [2.45, 2.75) is 30.7 Å². The summed E-state index contributed by atoms with van der Waals surface area (Å²) in [5.74, 6) is 1.84. The Hall–Kier alpha value is -1.69. The Kier molecular flexibility index (Phi) is 4.89. The average Bonchev–Trinajstić information content (AvgIpc) is 2.94. The Balaban J connectivity index is 2.27. The van der Waals surface area contributed by atoms with Crippen LogP contribution in [0.3, 0.4) is 0 Å². The molecule has 6 heteroatoms. The minimum absolute atomic E-state index is 0.447. The van der Waals surface area contributed by atoms with E-state index in [0.29, 0.717) is 27.9 Å². The summed E-state index contributed by atoms with van der Waals surface area (Å²) in [7, 11) is 3.22. The molecule has 0 aliphatic heterocycles. The van der Waals surface area contributed by atoms with E-state index in [0.717, 1.165) is 12.0 Å². The summed E-state index contributed by atoms with van der Waals surface area (Å²) in [6.45, 7) is 4.25. The van der Waals surface area contributed by atoms with Crippen LogP contribution < -0.4 is 9.47 Å². The summed E-state index contributed by atoms with van der Waals surface area (Å²) in [6.07, 6.45) is 1.05. The first-order valence-electron chi connectivity index (χ1n) is 6.39. The van der Waals surface area contributed by atoms with E-state index in [1.54, 1.807) is 32.0 Å². The molecule has 0 radical (unpaired) electrons. The highest BCUT2D eigenvalue weighted by molar-refractivity contribution is 7.99. The average molecular weight is 294 g/mol. The van der Waals surface area contributed by atoms with Gasteiger partial charge in [-0.05, 0) is 18.6 Å². The summed E-state index contributed by atoms with van der Waals surface area (Å²) in [6, 6.07) is 5.48. The van der Waals surface area contributed by atoms with Gasteiger partial charge in [0, 0.05) is 16.9 Å². The van der Waals surface area contributed by atoms with Gasteiger partial charge in [-0.2, -0.15) is 0 Å². The molecule has 0 aliphatic rings. The fourth-order valence-electron chi connectivity index (χ4n) is 1.56. The van der Waals surface area contributed by atoms with Gasteiger partial charge in [0.15, 0.2) is 0 Å². The minimum Gasteiger partial charge on any atom is -0.497 e. The fraction of sp³-hybridized carbons (Fsp3) is 0.429. The SMILES string of the molecule is CC[C@@H](C)Sc1nnc(-c2cc(OC)cc(OC)c2)o1. The smallest absolute Gasteiger partial charge is 0.277 e. The van der Waals surface area contributed by atoms with Crippen LogP contribution >= 0.6 is 11.8 Å². The second-order valence-electron chi connectivity index (χ2n) is 4.31. The maximum atomic E-state index is 5.67. The van der Waals surface area contributed by atoms with Crippen molar-refractivity contribution in [1.82, 2.24) is 10.2 Å². The summed E-state index contributed by atoms with van der Waals surface area (Å²) in [5.41, 5.74) is 0.782. The summed E-state index contributed by atoms with van der Waals surface area (Å²) in [5, 5.41) is 9.16. The Morgan fingerprint density at radius 3 is 2.35 bits per heavy atom. The Labute approximate surface area is 122 Å². The van der Waals surface area contributed by atoms with E-state index in [4.69, 9.17) is 13.9 Å². The summed E-state index contributed by atoms with van der Waals surface area (Å²) in [4.78, 5) is 0. The third-order valence-corrected chi connectivity index (χ3v) is 3.98. The van der Waals surface area contributed by atoms with Gasteiger partial charge in [-0.25, -0.2) is 0 Å². The van der Waals surface area contributed by atoms with Crippen molar-refractivity contribution >= 4 is 11.8 Å². The molecule has 0 N–H and O–H groups in total. The number of thioether (sulfide) groups is 1. The van der Waals surface area contributed by atoms with Gasteiger partial charge in [-0.1, -0.05) is 25.6 Å². The highest BCUT2D eigenvalue weighted by Crippen LogP contribution is 2.31. The zero-order chi connectivity index (χ0) is 14.5. The number of rotatable bonds is 6. The van der Waals surface area contributed by atoms with Gasteiger partial charge in [0.25, 0.3) is 5.22 Å². The number of hydrogen-bond donors (Lipinski definition) is 0. The molecule has 1 aromatic carbocycles. The highest BCUT2D eigenvalue weighted by atomic mass is 32.2. The van der Waals surface area contributed by atoms with E-state index < -0.39 is 0 Å². The van der Waals surface area contributed by atoms with Crippen molar-refractivity contribution in [2.24, 2.45) is 0 Å². The molecule has 1 aromatic heterocycles. The van der Waals surface area contributed by atoms with Crippen LogP contribution in [0.5, 0.6) is 11.5 Å². The lowest BCUT2D eigenvalue weighted by molar-refractivity contribution is 0.394. The zero-order valence-electron chi connectivity index (χ0n) is 12.0. The molecule has 0 unspecified atom stereocenters. The van der Waals surface area contributed by atoms with Gasteiger partial charge in [0.1, 0.15) is 11.5 Å². The third-order valence-electron chi connectivity index (χ3n) is 2.88. The van der Waals surface area contributed by atoms with Crippen LogP contribution in [-0.4, -0.2) is 29.7 Å². The highest BCUT2D eigenvalue weighted by Gasteiger charge is 2.13. The number of methoxy groups -OCH3 is 2. The fourth-order valence-corrected chi connectivity index (χ4v) is 2.29. The molecule has 1 heterocycles. The van der Waals surface area contributed by atoms with Gasteiger partial charge in [-0.3, -0.25) is 0 Å². The van der Waals surface area contributed by atoms with E-state index in [1.165, 1.54) is 0 Å². The van der Waals surface area contributed by atoms with Crippen molar-refractivity contribution in [2.75, 3.05) is 14.2 Å². The van der Waals surface area contributed by atoms with Gasteiger partial charge in [-0.15, -0.1) is 10.2 Å². The standard InChI is InChI=1S/C14H18N2O3S/c1-5-9(2)20-14-16-15-13(19-14)10-6-11(17-3)8-12(7-10)18-4/h6-9H,5H2,1-4H3/t9-/m1/s1. The van der Waals surface area contributed by atoms with Crippen molar-refractivity contribution in [3.8, 4) is 23.0 Å². The molecule has 0 saturated carbocycles. The molecular formula is C14H18N2O3S. The molecule has 0 bridgehead atoms. The lowest BCUT2D eigenvalue weighted by Crippen LogP contribution is -1.91. The molecule has 0 aliphatic carbocycles. The van der Waals surface area contributed by atoms with Crippen molar-refractivity contribution in [3.05, 3.63) is 18.2 Å². The summed E-state index contributed by atoms with van der Waals surface area (Å²) >= 11 is 1.58. The predicted molar refractivity (Wildman–Crippen MR) is 78.4 cm³/mol. The van der Waals surface area contributed by atoms with Crippen LogP contribution in [0, 0.1) is 0 Å². The number of hydrogen-bond acceptors (Lipinski definition) is 6. The van der Waals surface area contributed by atoms with Crippen molar-refractivity contribution < 1.29 is 13.9 Å². The third kappa shape index (κ3) is 3.45. The van der Waals surface area contributed by atoms with E-state index in [1.807, 2.05) is 12.1 Å². The molecule has 2 aromatic rings. The first-order valence-corrected chi connectivity index (χ1v) is 7.27. The lowest BCUT2D eigenvalue weighted by atomic mass is 10.2. The summed E-state index contributed by atoms with van der Waals surface area (Å²) < 4.78 is 16.1. The van der Waals surface area contributed by atoms with Crippen LogP contribution in [0.2, 0.25) is 0 Å². The first kappa shape index (κ1) is 14.7. The second-order valence-corrected chi connectivity index (χ2v) is 5.70. The number of nitrogens with zero attached hydrogens (tertiary/aromatic N) is 2. The molecular weight excluding hydrogens is 276 g/mol. The Morgan fingerprint density at radius 1 is 1.15 bits per heavy atom. The molecule has 2 rings (SSSR count). The van der Waals surface area contributed by atoms with Gasteiger partial charge in [0.05, 0.1) is 14.2 Å². The van der Waals surface area contributed by atoms with Crippen LogP contribution in [-0.2, 0) is 0 Å². The number of ether oxygens (including phenoxy) is 2. The lowest BCUT2D eigenvalue weighted by Gasteiger charge is -2.06. The quantitative estimate of drug-likeness (QED) is 0.758. The molecule has 0 amide bonds. The molecule has 20 heavy (non-hydrogen) atoms. The van der Waals surface area contributed by atoms with Gasteiger partial charge >= 0.3 is 0 Å². The van der Waals surface area contributed by atoms with Crippen LogP contribution in [0.1, 0.15) is 20.3 Å². The van der Waals surface area contributed by atoms with E-state index >= 15 is 0 Å². The molecule has 108 valence electrons. The van der Waals surface area contributed by atoms with Crippen LogP contribution in [0.15, 0.2) is 27.8 Å². The minimum atomic E-state index is 0.447. The van der Waals surface area contributed by atoms with Crippen molar-refractivity contribution in [1.29, 1.82) is 0 Å². The maximum Gasteiger partial charge on any atom is 0.277 e. The first-order chi connectivity index (χ1) is 9.66. The van der Waals surface area contributed by atoms with Gasteiger partial charge < -0.3 is 13.9 Å². The van der Waals surface area contributed by atoms with Crippen LogP contribution in [0.4, 0.5) is 0 Å².